The van der Waals surface area contributed by atoms with E-state index in [4.69, 9.17) is 16.3 Å². The summed E-state index contributed by atoms with van der Waals surface area (Å²) in [5.41, 5.74) is 2.14. The van der Waals surface area contributed by atoms with Crippen LogP contribution in [-0.2, 0) is 0 Å². The topological polar surface area (TPSA) is 9.23 Å². The highest BCUT2D eigenvalue weighted by Gasteiger charge is 2.04. The fourth-order valence-electron chi connectivity index (χ4n) is 1.40. The van der Waals surface area contributed by atoms with Crippen molar-refractivity contribution >= 4 is 24.2 Å². The first kappa shape index (κ1) is 12.5. The van der Waals surface area contributed by atoms with Gasteiger partial charge in [-0.3, -0.25) is 0 Å². The van der Waals surface area contributed by atoms with Crippen molar-refractivity contribution in [3.05, 3.63) is 40.4 Å². The summed E-state index contributed by atoms with van der Waals surface area (Å²) in [6.45, 7) is 4.57. The second kappa shape index (κ2) is 6.09. The molecule has 82 valence electrons. The van der Waals surface area contributed by atoms with E-state index in [0.717, 1.165) is 27.7 Å². The zero-order valence-corrected chi connectivity index (χ0v) is 10.6. The molecule has 1 rings (SSSR count). The van der Waals surface area contributed by atoms with Crippen LogP contribution >= 0.6 is 24.2 Å². The Morgan fingerprint density at radius 3 is 2.40 bits per heavy atom. The maximum Gasteiger partial charge on any atom is 0.125 e. The monoisotopic (exact) mass is 242 g/mol. The van der Waals surface area contributed by atoms with Crippen LogP contribution in [0.15, 0.2) is 24.3 Å². The highest BCUT2D eigenvalue weighted by molar-refractivity contribution is 7.80. The van der Waals surface area contributed by atoms with E-state index in [1.807, 2.05) is 38.1 Å². The van der Waals surface area contributed by atoms with Crippen molar-refractivity contribution in [1.82, 2.24) is 0 Å². The number of hydrogen-bond acceptors (Lipinski definition) is 2. The Kier molecular flexibility index (Phi) is 5.06. The van der Waals surface area contributed by atoms with Gasteiger partial charge in [0.15, 0.2) is 0 Å². The second-order valence-electron chi connectivity index (χ2n) is 3.33. The van der Waals surface area contributed by atoms with Gasteiger partial charge in [-0.1, -0.05) is 23.8 Å². The summed E-state index contributed by atoms with van der Waals surface area (Å²) in [5.74, 6) is 1.66. The summed E-state index contributed by atoms with van der Waals surface area (Å²) in [7, 11) is 0. The number of aryl methyl sites for hydroxylation is 2. The molecule has 0 fully saturated rings. The number of hydrogen-bond donors (Lipinski definition) is 1. The first-order valence-electron chi connectivity index (χ1n) is 4.80. The summed E-state index contributed by atoms with van der Waals surface area (Å²) in [6, 6.07) is 3.82. The van der Waals surface area contributed by atoms with Crippen molar-refractivity contribution in [2.24, 2.45) is 0 Å². The number of rotatable bonds is 4. The van der Waals surface area contributed by atoms with Crippen molar-refractivity contribution in [2.45, 2.75) is 13.8 Å². The molecule has 0 saturated carbocycles. The van der Waals surface area contributed by atoms with Gasteiger partial charge in [0.1, 0.15) is 12.4 Å². The quantitative estimate of drug-likeness (QED) is 0.624. The smallest absolute Gasteiger partial charge is 0.125 e. The molecule has 0 unspecified atom stereocenters. The van der Waals surface area contributed by atoms with Crippen LogP contribution in [0.5, 0.6) is 5.75 Å². The van der Waals surface area contributed by atoms with E-state index in [9.17, 15) is 0 Å². The standard InChI is InChI=1S/C12H15ClOS/c1-9-7-11(13)8-10(2)12(9)14-5-3-4-6-15/h3-4,7-8,15H,5-6H2,1-2H3. The lowest BCUT2D eigenvalue weighted by Gasteiger charge is -2.10. The van der Waals surface area contributed by atoms with Crippen molar-refractivity contribution in [1.29, 1.82) is 0 Å². The summed E-state index contributed by atoms with van der Waals surface area (Å²) in [5, 5.41) is 0.753. The minimum absolute atomic E-state index is 0.573. The van der Waals surface area contributed by atoms with E-state index >= 15 is 0 Å². The third-order valence-electron chi connectivity index (χ3n) is 2.02. The van der Waals surface area contributed by atoms with Crippen LogP contribution in [0.2, 0.25) is 5.02 Å². The first-order chi connectivity index (χ1) is 7.15. The molecule has 1 aromatic carbocycles. The zero-order valence-electron chi connectivity index (χ0n) is 8.96. The van der Waals surface area contributed by atoms with E-state index in [2.05, 4.69) is 12.6 Å². The third-order valence-corrected chi connectivity index (χ3v) is 2.45. The Bertz CT molecular complexity index is 338. The molecule has 15 heavy (non-hydrogen) atoms. The van der Waals surface area contributed by atoms with Crippen LogP contribution in [0.25, 0.3) is 0 Å². The molecular formula is C12H15ClOS. The lowest BCUT2D eigenvalue weighted by Crippen LogP contribution is -1.98. The maximum atomic E-state index is 5.93. The molecule has 0 N–H and O–H groups in total. The molecule has 1 aromatic rings. The van der Waals surface area contributed by atoms with Gasteiger partial charge in [-0.25, -0.2) is 0 Å². The number of ether oxygens (including phenoxy) is 1. The molecule has 0 radical (unpaired) electrons. The Balaban J connectivity index is 2.72. The number of halogens is 1. The molecule has 0 heterocycles. The molecule has 0 bridgehead atoms. The predicted molar refractivity (Wildman–Crippen MR) is 69.4 cm³/mol. The minimum Gasteiger partial charge on any atom is -0.489 e. The van der Waals surface area contributed by atoms with Crippen LogP contribution in [0.4, 0.5) is 0 Å². The van der Waals surface area contributed by atoms with Crippen molar-refractivity contribution in [2.75, 3.05) is 12.4 Å². The van der Waals surface area contributed by atoms with Gasteiger partial charge in [0, 0.05) is 10.8 Å². The number of thiol groups is 1. The molecule has 0 amide bonds. The van der Waals surface area contributed by atoms with Gasteiger partial charge in [0.25, 0.3) is 0 Å². The maximum absolute atomic E-state index is 5.93. The Labute approximate surface area is 102 Å². The number of benzene rings is 1. The van der Waals surface area contributed by atoms with Crippen molar-refractivity contribution in [3.63, 3.8) is 0 Å². The molecule has 3 heteroatoms. The largest absolute Gasteiger partial charge is 0.489 e. The molecule has 0 aliphatic carbocycles. The molecule has 0 atom stereocenters. The second-order valence-corrected chi connectivity index (χ2v) is 4.14. The van der Waals surface area contributed by atoms with Crippen LogP contribution in [-0.4, -0.2) is 12.4 Å². The van der Waals surface area contributed by atoms with E-state index in [0.29, 0.717) is 6.61 Å². The normalized spacial score (nSPS) is 10.9. The molecule has 0 aliphatic heterocycles. The summed E-state index contributed by atoms with van der Waals surface area (Å²) in [4.78, 5) is 0. The molecule has 0 saturated heterocycles. The Morgan fingerprint density at radius 2 is 1.87 bits per heavy atom. The van der Waals surface area contributed by atoms with Gasteiger partial charge in [-0.05, 0) is 37.1 Å². The van der Waals surface area contributed by atoms with E-state index in [1.54, 1.807) is 0 Å². The van der Waals surface area contributed by atoms with Gasteiger partial charge in [-0.15, -0.1) is 0 Å². The fourth-order valence-corrected chi connectivity index (χ4v) is 1.88. The van der Waals surface area contributed by atoms with E-state index in [-0.39, 0.29) is 0 Å². The lowest BCUT2D eigenvalue weighted by atomic mass is 10.1. The SMILES string of the molecule is Cc1cc(Cl)cc(C)c1OCC=CCS. The summed E-state index contributed by atoms with van der Waals surface area (Å²) < 4.78 is 5.65. The Morgan fingerprint density at radius 1 is 1.27 bits per heavy atom. The third kappa shape index (κ3) is 3.80. The molecule has 0 spiro atoms. The van der Waals surface area contributed by atoms with Crippen molar-refractivity contribution in [3.8, 4) is 5.75 Å². The lowest BCUT2D eigenvalue weighted by molar-refractivity contribution is 0.357. The van der Waals surface area contributed by atoms with E-state index < -0.39 is 0 Å². The Hall–Kier alpha value is -0.600. The van der Waals surface area contributed by atoms with Crippen LogP contribution in [0.3, 0.4) is 0 Å². The van der Waals surface area contributed by atoms with Gasteiger partial charge in [-0.2, -0.15) is 12.6 Å². The predicted octanol–water partition coefficient (Wildman–Crippen LogP) is 3.82. The summed E-state index contributed by atoms with van der Waals surface area (Å²) >= 11 is 10.0. The fraction of sp³-hybridized carbons (Fsp3) is 0.333. The van der Waals surface area contributed by atoms with E-state index in [1.165, 1.54) is 0 Å². The highest BCUT2D eigenvalue weighted by Crippen LogP contribution is 2.26. The minimum atomic E-state index is 0.573. The zero-order chi connectivity index (χ0) is 11.3. The van der Waals surface area contributed by atoms with Gasteiger partial charge in [0.05, 0.1) is 0 Å². The van der Waals surface area contributed by atoms with Gasteiger partial charge in [0.2, 0.25) is 0 Å². The van der Waals surface area contributed by atoms with Crippen molar-refractivity contribution < 1.29 is 4.74 Å². The molecular weight excluding hydrogens is 228 g/mol. The van der Waals surface area contributed by atoms with Crippen LogP contribution in [0.1, 0.15) is 11.1 Å². The average molecular weight is 243 g/mol. The molecule has 0 aromatic heterocycles. The van der Waals surface area contributed by atoms with Crippen LogP contribution < -0.4 is 4.74 Å². The van der Waals surface area contributed by atoms with Gasteiger partial charge < -0.3 is 4.74 Å². The summed E-state index contributed by atoms with van der Waals surface area (Å²) in [6.07, 6.45) is 3.92. The molecule has 0 aliphatic rings. The van der Waals surface area contributed by atoms with Crippen LogP contribution in [0, 0.1) is 13.8 Å². The molecule has 1 nitrogen and oxygen atoms in total. The first-order valence-corrected chi connectivity index (χ1v) is 5.81. The average Bonchev–Trinajstić information content (AvgIpc) is 2.15. The van der Waals surface area contributed by atoms with Gasteiger partial charge >= 0.3 is 0 Å². The highest BCUT2D eigenvalue weighted by atomic mass is 35.5.